The van der Waals surface area contributed by atoms with E-state index in [2.05, 4.69) is 26.5 Å². The Bertz CT molecular complexity index is 675. The van der Waals surface area contributed by atoms with Gasteiger partial charge in [0.1, 0.15) is 24.7 Å². The zero-order chi connectivity index (χ0) is 16.5. The topological polar surface area (TPSA) is 59.9 Å². The Morgan fingerprint density at radius 3 is 2.65 bits per heavy atom. The van der Waals surface area contributed by atoms with E-state index in [1.807, 2.05) is 48.5 Å². The van der Waals surface area contributed by atoms with Crippen LogP contribution >= 0.6 is 15.9 Å². The summed E-state index contributed by atoms with van der Waals surface area (Å²) < 4.78 is 12.2. The summed E-state index contributed by atoms with van der Waals surface area (Å²) in [6.07, 6.45) is 1.54. The maximum Gasteiger partial charge on any atom is 0.236 e. The molecule has 23 heavy (non-hydrogen) atoms. The fourth-order valence-corrected chi connectivity index (χ4v) is 2.15. The summed E-state index contributed by atoms with van der Waals surface area (Å²) in [5, 5.41) is 3.86. The van der Waals surface area contributed by atoms with Gasteiger partial charge in [-0.25, -0.2) is 5.43 Å². The number of carbonyl (C=O) groups excluding carboxylic acids is 1. The number of carbonyl (C=O) groups is 1. The van der Waals surface area contributed by atoms with Crippen LogP contribution in [0.5, 0.6) is 11.5 Å². The van der Waals surface area contributed by atoms with Gasteiger partial charge in [0.15, 0.2) is 0 Å². The van der Waals surface area contributed by atoms with Crippen molar-refractivity contribution in [2.75, 3.05) is 13.2 Å². The Labute approximate surface area is 143 Å². The number of para-hydroxylation sites is 1. The van der Waals surface area contributed by atoms with Gasteiger partial charge in [-0.2, -0.15) is 5.10 Å². The lowest BCUT2D eigenvalue weighted by molar-refractivity contribution is -0.118. The summed E-state index contributed by atoms with van der Waals surface area (Å²) in [4.78, 5) is 10.8. The molecule has 120 valence electrons. The highest BCUT2D eigenvalue weighted by Crippen LogP contribution is 2.21. The molecule has 0 aliphatic heterocycles. The lowest BCUT2D eigenvalue weighted by Crippen LogP contribution is -2.13. The minimum Gasteiger partial charge on any atom is -0.490 e. The van der Waals surface area contributed by atoms with Crippen molar-refractivity contribution in [2.45, 2.75) is 6.92 Å². The van der Waals surface area contributed by atoms with Gasteiger partial charge in [-0.3, -0.25) is 4.79 Å². The highest BCUT2D eigenvalue weighted by Gasteiger charge is 2.03. The average molecular weight is 377 g/mol. The molecule has 2 aromatic rings. The van der Waals surface area contributed by atoms with Gasteiger partial charge in [-0.05, 0) is 30.3 Å². The number of nitrogens with one attached hydrogen (secondary N) is 1. The van der Waals surface area contributed by atoms with Crippen LogP contribution in [0.15, 0.2) is 58.1 Å². The van der Waals surface area contributed by atoms with Crippen LogP contribution in [0, 0.1) is 0 Å². The number of amides is 1. The van der Waals surface area contributed by atoms with Gasteiger partial charge in [0, 0.05) is 17.0 Å². The van der Waals surface area contributed by atoms with Crippen molar-refractivity contribution in [1.29, 1.82) is 0 Å². The third-order valence-corrected chi connectivity index (χ3v) is 3.24. The van der Waals surface area contributed by atoms with Crippen LogP contribution < -0.4 is 14.9 Å². The van der Waals surface area contributed by atoms with Crippen LogP contribution in [0.3, 0.4) is 0 Å². The first-order chi connectivity index (χ1) is 11.1. The minimum absolute atomic E-state index is 0.227. The molecule has 0 saturated heterocycles. The molecule has 2 aromatic carbocycles. The first kappa shape index (κ1) is 17.0. The zero-order valence-electron chi connectivity index (χ0n) is 12.7. The molecule has 2 rings (SSSR count). The van der Waals surface area contributed by atoms with Gasteiger partial charge in [-0.1, -0.05) is 34.1 Å². The molecule has 1 N–H and O–H groups in total. The predicted molar refractivity (Wildman–Crippen MR) is 93.0 cm³/mol. The molecular weight excluding hydrogens is 360 g/mol. The van der Waals surface area contributed by atoms with Crippen molar-refractivity contribution >= 4 is 28.1 Å². The Hall–Kier alpha value is -2.34. The van der Waals surface area contributed by atoms with Crippen molar-refractivity contribution in [3.05, 3.63) is 58.6 Å². The largest absolute Gasteiger partial charge is 0.490 e. The van der Waals surface area contributed by atoms with Gasteiger partial charge in [0.05, 0.1) is 6.21 Å². The molecule has 0 bridgehead atoms. The number of halogens is 1. The summed E-state index contributed by atoms with van der Waals surface area (Å²) in [7, 11) is 0. The molecule has 0 spiro atoms. The Balaban J connectivity index is 1.91. The lowest BCUT2D eigenvalue weighted by atomic mass is 10.2. The molecule has 0 heterocycles. The van der Waals surface area contributed by atoms with E-state index in [1.54, 1.807) is 6.21 Å². The van der Waals surface area contributed by atoms with Crippen molar-refractivity contribution in [3.63, 3.8) is 0 Å². The summed E-state index contributed by atoms with van der Waals surface area (Å²) in [6.45, 7) is 2.23. The number of hydrogen-bond donors (Lipinski definition) is 1. The van der Waals surface area contributed by atoms with E-state index in [1.165, 1.54) is 6.92 Å². The SMILES string of the molecule is CC(=O)N/N=C\c1cc(Br)ccc1OCCOc1ccccc1. The second-order valence-corrected chi connectivity index (χ2v) is 5.53. The molecule has 0 aliphatic rings. The molecule has 0 saturated carbocycles. The van der Waals surface area contributed by atoms with Gasteiger partial charge in [-0.15, -0.1) is 0 Å². The van der Waals surface area contributed by atoms with E-state index in [0.717, 1.165) is 15.8 Å². The first-order valence-electron chi connectivity index (χ1n) is 7.05. The van der Waals surface area contributed by atoms with Crippen LogP contribution in [0.25, 0.3) is 0 Å². The normalized spacial score (nSPS) is 10.5. The number of ether oxygens (including phenoxy) is 2. The maximum atomic E-state index is 10.8. The van der Waals surface area contributed by atoms with Crippen LogP contribution in [0.4, 0.5) is 0 Å². The molecule has 0 radical (unpaired) electrons. The van der Waals surface area contributed by atoms with Crippen molar-refractivity contribution in [3.8, 4) is 11.5 Å². The molecule has 0 fully saturated rings. The number of benzene rings is 2. The predicted octanol–water partition coefficient (Wildman–Crippen LogP) is 3.38. The standard InChI is InChI=1S/C17H17BrN2O3/c1-13(21)20-19-12-14-11-15(18)7-8-17(14)23-10-9-22-16-5-3-2-4-6-16/h2-8,11-12H,9-10H2,1H3,(H,20,21)/b19-12-. The van der Waals surface area contributed by atoms with Gasteiger partial charge in [0.2, 0.25) is 5.91 Å². The number of rotatable bonds is 7. The average Bonchev–Trinajstić information content (AvgIpc) is 2.54. The summed E-state index contributed by atoms with van der Waals surface area (Å²) >= 11 is 3.40. The van der Waals surface area contributed by atoms with E-state index in [0.29, 0.717) is 19.0 Å². The Kier molecular flexibility index (Phi) is 6.62. The summed E-state index contributed by atoms with van der Waals surface area (Å²) in [5.41, 5.74) is 3.12. The third kappa shape index (κ3) is 6.12. The van der Waals surface area contributed by atoms with E-state index >= 15 is 0 Å². The van der Waals surface area contributed by atoms with Gasteiger partial charge >= 0.3 is 0 Å². The number of nitrogens with zero attached hydrogens (tertiary/aromatic N) is 1. The van der Waals surface area contributed by atoms with E-state index in [9.17, 15) is 4.79 Å². The molecule has 6 heteroatoms. The van der Waals surface area contributed by atoms with Crippen LogP contribution in [0.1, 0.15) is 12.5 Å². The van der Waals surface area contributed by atoms with Crippen molar-refractivity contribution < 1.29 is 14.3 Å². The second-order valence-electron chi connectivity index (χ2n) is 4.62. The number of hydrazone groups is 1. The highest BCUT2D eigenvalue weighted by molar-refractivity contribution is 9.10. The molecule has 0 atom stereocenters. The monoisotopic (exact) mass is 376 g/mol. The smallest absolute Gasteiger partial charge is 0.236 e. The van der Waals surface area contributed by atoms with Gasteiger partial charge in [0.25, 0.3) is 0 Å². The van der Waals surface area contributed by atoms with E-state index in [4.69, 9.17) is 9.47 Å². The fraction of sp³-hybridized carbons (Fsp3) is 0.176. The molecule has 0 aromatic heterocycles. The molecule has 1 amide bonds. The zero-order valence-corrected chi connectivity index (χ0v) is 14.2. The van der Waals surface area contributed by atoms with Crippen molar-refractivity contribution in [1.82, 2.24) is 5.43 Å². The summed E-state index contributed by atoms with van der Waals surface area (Å²) in [5.74, 6) is 1.24. The van der Waals surface area contributed by atoms with Gasteiger partial charge < -0.3 is 9.47 Å². The van der Waals surface area contributed by atoms with E-state index < -0.39 is 0 Å². The quantitative estimate of drug-likeness (QED) is 0.457. The molecule has 5 nitrogen and oxygen atoms in total. The lowest BCUT2D eigenvalue weighted by Gasteiger charge is -2.10. The molecule has 0 unspecified atom stereocenters. The third-order valence-electron chi connectivity index (χ3n) is 2.75. The fourth-order valence-electron chi connectivity index (χ4n) is 1.77. The maximum absolute atomic E-state index is 10.8. The van der Waals surface area contributed by atoms with E-state index in [-0.39, 0.29) is 5.91 Å². The Morgan fingerprint density at radius 1 is 1.17 bits per heavy atom. The molecular formula is C17H17BrN2O3. The molecule has 0 aliphatic carbocycles. The summed E-state index contributed by atoms with van der Waals surface area (Å²) in [6, 6.07) is 15.1. The van der Waals surface area contributed by atoms with Crippen LogP contribution in [-0.4, -0.2) is 25.3 Å². The highest BCUT2D eigenvalue weighted by atomic mass is 79.9. The minimum atomic E-state index is -0.227. The first-order valence-corrected chi connectivity index (χ1v) is 7.84. The van der Waals surface area contributed by atoms with Crippen LogP contribution in [0.2, 0.25) is 0 Å². The second kappa shape index (κ2) is 8.95. The van der Waals surface area contributed by atoms with Crippen molar-refractivity contribution in [2.24, 2.45) is 5.10 Å². The van der Waals surface area contributed by atoms with Crippen LogP contribution in [-0.2, 0) is 4.79 Å². The number of hydrogen-bond acceptors (Lipinski definition) is 4. The Morgan fingerprint density at radius 2 is 1.91 bits per heavy atom.